The Balaban J connectivity index is 2.42. The fourth-order valence-electron chi connectivity index (χ4n) is 1.50. The van der Waals surface area contributed by atoms with Gasteiger partial charge in [0.25, 0.3) is 0 Å². The molecule has 0 amide bonds. The van der Waals surface area contributed by atoms with Gasteiger partial charge in [-0.2, -0.15) is 0 Å². The Hall–Kier alpha value is -1.49. The summed E-state index contributed by atoms with van der Waals surface area (Å²) in [6.45, 7) is 3.00. The lowest BCUT2D eigenvalue weighted by Crippen LogP contribution is -2.16. The lowest BCUT2D eigenvalue weighted by Gasteiger charge is -2.07. The van der Waals surface area contributed by atoms with E-state index in [0.717, 1.165) is 18.0 Å². The van der Waals surface area contributed by atoms with E-state index in [-0.39, 0.29) is 0 Å². The van der Waals surface area contributed by atoms with Crippen molar-refractivity contribution in [1.29, 1.82) is 0 Å². The van der Waals surface area contributed by atoms with Gasteiger partial charge in [-0.25, -0.2) is 4.98 Å². The smallest absolute Gasteiger partial charge is 0.163 e. The molecular weight excluding hydrogens is 178 g/mol. The average Bonchev–Trinajstić information content (AvgIpc) is 2.61. The van der Waals surface area contributed by atoms with Gasteiger partial charge >= 0.3 is 0 Å². The maximum Gasteiger partial charge on any atom is 0.163 e. The number of aromatic nitrogens is 4. The Morgan fingerprint density at radius 3 is 3.14 bits per heavy atom. The van der Waals surface area contributed by atoms with Crippen molar-refractivity contribution in [2.75, 3.05) is 13.6 Å². The van der Waals surface area contributed by atoms with Crippen LogP contribution in [-0.4, -0.2) is 33.2 Å². The zero-order chi connectivity index (χ0) is 9.97. The minimum absolute atomic E-state index is 0.333. The molecule has 14 heavy (non-hydrogen) atoms. The molecule has 0 fully saturated rings. The molecule has 0 radical (unpaired) electrons. The quantitative estimate of drug-likeness (QED) is 0.765. The van der Waals surface area contributed by atoms with E-state index in [0.29, 0.717) is 5.92 Å². The Bertz CT molecular complexity index is 422. The molecule has 0 aliphatic heterocycles. The first-order chi connectivity index (χ1) is 6.83. The van der Waals surface area contributed by atoms with Gasteiger partial charge in [-0.3, -0.25) is 4.40 Å². The van der Waals surface area contributed by atoms with Gasteiger partial charge < -0.3 is 5.32 Å². The van der Waals surface area contributed by atoms with Crippen LogP contribution in [0.3, 0.4) is 0 Å². The monoisotopic (exact) mass is 191 g/mol. The Kier molecular flexibility index (Phi) is 2.41. The minimum Gasteiger partial charge on any atom is -0.319 e. The molecule has 0 aliphatic rings. The molecule has 1 unspecified atom stereocenters. The fraction of sp³-hybridized carbons (Fsp3) is 0.444. The molecule has 0 aliphatic carbocycles. The van der Waals surface area contributed by atoms with Gasteiger partial charge in [-0.05, 0) is 7.05 Å². The summed E-state index contributed by atoms with van der Waals surface area (Å²) < 4.78 is 1.92. The molecule has 0 spiro atoms. The van der Waals surface area contributed by atoms with Crippen molar-refractivity contribution in [3.63, 3.8) is 0 Å². The molecule has 5 heteroatoms. The van der Waals surface area contributed by atoms with Crippen LogP contribution in [0, 0.1) is 0 Å². The van der Waals surface area contributed by atoms with E-state index in [9.17, 15) is 0 Å². The Morgan fingerprint density at radius 2 is 2.36 bits per heavy atom. The first-order valence-corrected chi connectivity index (χ1v) is 4.62. The minimum atomic E-state index is 0.333. The largest absolute Gasteiger partial charge is 0.319 e. The molecule has 2 aromatic heterocycles. The molecule has 2 aromatic rings. The van der Waals surface area contributed by atoms with Crippen molar-refractivity contribution in [3.8, 4) is 0 Å². The van der Waals surface area contributed by atoms with Crippen molar-refractivity contribution >= 4 is 5.65 Å². The van der Waals surface area contributed by atoms with Crippen LogP contribution in [0.25, 0.3) is 5.65 Å². The van der Waals surface area contributed by atoms with Crippen molar-refractivity contribution < 1.29 is 0 Å². The van der Waals surface area contributed by atoms with Crippen LogP contribution in [0.1, 0.15) is 18.7 Å². The first-order valence-electron chi connectivity index (χ1n) is 4.62. The molecular formula is C9H13N5. The molecule has 0 saturated heterocycles. The van der Waals surface area contributed by atoms with Crippen LogP contribution in [0.5, 0.6) is 0 Å². The van der Waals surface area contributed by atoms with Gasteiger partial charge in [0.15, 0.2) is 5.65 Å². The Labute approximate surface area is 82.2 Å². The molecule has 1 N–H and O–H groups in total. The third kappa shape index (κ3) is 1.46. The molecule has 2 rings (SSSR count). The van der Waals surface area contributed by atoms with E-state index in [2.05, 4.69) is 27.4 Å². The van der Waals surface area contributed by atoms with Gasteiger partial charge in [-0.1, -0.05) is 6.92 Å². The van der Waals surface area contributed by atoms with E-state index in [4.69, 9.17) is 0 Å². The van der Waals surface area contributed by atoms with Gasteiger partial charge in [0.1, 0.15) is 12.2 Å². The molecule has 2 heterocycles. The fourth-order valence-corrected chi connectivity index (χ4v) is 1.50. The van der Waals surface area contributed by atoms with Crippen LogP contribution in [0.2, 0.25) is 0 Å². The van der Waals surface area contributed by atoms with Gasteiger partial charge in [0, 0.05) is 24.7 Å². The van der Waals surface area contributed by atoms with Crippen LogP contribution in [0.15, 0.2) is 18.6 Å². The van der Waals surface area contributed by atoms with Crippen LogP contribution >= 0.6 is 0 Å². The first kappa shape index (κ1) is 9.08. The van der Waals surface area contributed by atoms with E-state index in [1.807, 2.05) is 17.5 Å². The summed E-state index contributed by atoms with van der Waals surface area (Å²) in [6, 6.07) is 1.85. The second-order valence-corrected chi connectivity index (χ2v) is 3.33. The second kappa shape index (κ2) is 3.71. The van der Waals surface area contributed by atoms with Crippen molar-refractivity contribution in [1.82, 2.24) is 24.9 Å². The van der Waals surface area contributed by atoms with Crippen molar-refractivity contribution in [2.45, 2.75) is 12.8 Å². The highest BCUT2D eigenvalue weighted by Gasteiger charge is 2.11. The number of rotatable bonds is 3. The normalized spacial score (nSPS) is 13.3. The number of hydrogen-bond acceptors (Lipinski definition) is 4. The van der Waals surface area contributed by atoms with E-state index < -0.39 is 0 Å². The molecule has 0 bridgehead atoms. The molecule has 74 valence electrons. The van der Waals surface area contributed by atoms with Gasteiger partial charge in [0.2, 0.25) is 0 Å². The summed E-state index contributed by atoms with van der Waals surface area (Å²) in [5, 5.41) is 11.3. The zero-order valence-corrected chi connectivity index (χ0v) is 8.31. The Morgan fingerprint density at radius 1 is 1.50 bits per heavy atom. The standard InChI is InChI=1S/C9H13N5/c1-7(5-10-2)9-13-12-8-3-4-11-6-14(8)9/h3-4,6-7,10H,5H2,1-2H3. The summed E-state index contributed by atoms with van der Waals surface area (Å²) in [5.74, 6) is 1.28. The highest BCUT2D eigenvalue weighted by atomic mass is 15.3. The van der Waals surface area contributed by atoms with Crippen molar-refractivity contribution in [3.05, 3.63) is 24.4 Å². The number of nitrogens with one attached hydrogen (secondary N) is 1. The number of likely N-dealkylation sites (N-methyl/N-ethyl adjacent to an activating group) is 1. The maximum absolute atomic E-state index is 4.15. The van der Waals surface area contributed by atoms with Crippen molar-refractivity contribution in [2.24, 2.45) is 0 Å². The lowest BCUT2D eigenvalue weighted by atomic mass is 10.2. The summed E-state index contributed by atoms with van der Waals surface area (Å²) in [7, 11) is 1.93. The summed E-state index contributed by atoms with van der Waals surface area (Å²) >= 11 is 0. The summed E-state index contributed by atoms with van der Waals surface area (Å²) in [6.07, 6.45) is 3.47. The van der Waals surface area contributed by atoms with E-state index >= 15 is 0 Å². The lowest BCUT2D eigenvalue weighted by molar-refractivity contribution is 0.633. The number of nitrogens with zero attached hydrogens (tertiary/aromatic N) is 4. The second-order valence-electron chi connectivity index (χ2n) is 3.33. The number of hydrogen-bond donors (Lipinski definition) is 1. The SMILES string of the molecule is CNCC(C)c1nnc2ccncn12. The summed E-state index contributed by atoms with van der Waals surface area (Å²) in [4.78, 5) is 4.05. The third-order valence-electron chi connectivity index (χ3n) is 2.19. The van der Waals surface area contributed by atoms with E-state index in [1.165, 1.54) is 0 Å². The molecule has 1 atom stereocenters. The topological polar surface area (TPSA) is 55.1 Å². The van der Waals surface area contributed by atoms with Gasteiger partial charge in [-0.15, -0.1) is 10.2 Å². The highest BCUT2D eigenvalue weighted by Crippen LogP contribution is 2.12. The van der Waals surface area contributed by atoms with Crippen LogP contribution in [-0.2, 0) is 0 Å². The van der Waals surface area contributed by atoms with Crippen LogP contribution in [0.4, 0.5) is 0 Å². The molecule has 5 nitrogen and oxygen atoms in total. The summed E-state index contributed by atoms with van der Waals surface area (Å²) in [5.41, 5.74) is 0.845. The van der Waals surface area contributed by atoms with Gasteiger partial charge in [0.05, 0.1) is 0 Å². The van der Waals surface area contributed by atoms with Crippen LogP contribution < -0.4 is 5.32 Å². The molecule has 0 aromatic carbocycles. The van der Waals surface area contributed by atoms with E-state index in [1.54, 1.807) is 12.5 Å². The maximum atomic E-state index is 4.15. The predicted octanol–water partition coefficient (Wildman–Crippen LogP) is 0.447. The highest BCUT2D eigenvalue weighted by molar-refractivity contribution is 5.35. The third-order valence-corrected chi connectivity index (χ3v) is 2.19. The average molecular weight is 191 g/mol. The molecule has 0 saturated carbocycles. The predicted molar refractivity (Wildman–Crippen MR) is 53.1 cm³/mol. The zero-order valence-electron chi connectivity index (χ0n) is 8.31. The number of fused-ring (bicyclic) bond motifs is 1.